The summed E-state index contributed by atoms with van der Waals surface area (Å²) < 4.78 is 7.31. The molecule has 2 rings (SSSR count). The average Bonchev–Trinajstić information content (AvgIpc) is 2.73. The second-order valence-corrected chi connectivity index (χ2v) is 4.20. The standard InChI is InChI=1S/C13H18N4O2/c1-3-7-19-10-6-4-5-9-12(10)16-13(14)17(9)8-11(18)15-2/h4-6H,3,7-8H2,1-2H3,(H2,14,16)(H,15,18). The molecule has 2 aromatic rings. The largest absolute Gasteiger partial charge is 0.491 e. The lowest BCUT2D eigenvalue weighted by Crippen LogP contribution is -2.24. The molecule has 0 spiro atoms. The van der Waals surface area contributed by atoms with Crippen molar-refractivity contribution in [2.24, 2.45) is 0 Å². The molecule has 0 aliphatic heterocycles. The van der Waals surface area contributed by atoms with Gasteiger partial charge in [-0.2, -0.15) is 0 Å². The van der Waals surface area contributed by atoms with Crippen molar-refractivity contribution in [3.05, 3.63) is 18.2 Å². The molecule has 0 saturated carbocycles. The van der Waals surface area contributed by atoms with Gasteiger partial charge in [0.05, 0.1) is 12.1 Å². The highest BCUT2D eigenvalue weighted by atomic mass is 16.5. The van der Waals surface area contributed by atoms with Gasteiger partial charge in [-0.15, -0.1) is 0 Å². The van der Waals surface area contributed by atoms with E-state index in [0.717, 1.165) is 11.9 Å². The van der Waals surface area contributed by atoms with Gasteiger partial charge in [-0.25, -0.2) is 4.98 Å². The van der Waals surface area contributed by atoms with E-state index in [2.05, 4.69) is 10.3 Å². The molecule has 1 aromatic carbocycles. The Hall–Kier alpha value is -2.24. The molecule has 6 nitrogen and oxygen atoms in total. The Kier molecular flexibility index (Phi) is 3.89. The number of amides is 1. The Balaban J connectivity index is 2.43. The average molecular weight is 262 g/mol. The van der Waals surface area contributed by atoms with Crippen LogP contribution in [0.25, 0.3) is 11.0 Å². The Bertz CT molecular complexity index is 592. The van der Waals surface area contributed by atoms with Crippen LogP contribution in [-0.2, 0) is 11.3 Å². The Morgan fingerprint density at radius 2 is 2.32 bits per heavy atom. The van der Waals surface area contributed by atoms with Gasteiger partial charge in [-0.3, -0.25) is 4.79 Å². The molecule has 102 valence electrons. The maximum absolute atomic E-state index is 11.5. The van der Waals surface area contributed by atoms with Crippen LogP contribution >= 0.6 is 0 Å². The van der Waals surface area contributed by atoms with Crippen molar-refractivity contribution in [3.8, 4) is 5.75 Å². The van der Waals surface area contributed by atoms with Gasteiger partial charge in [0.15, 0.2) is 0 Å². The van der Waals surface area contributed by atoms with E-state index < -0.39 is 0 Å². The fourth-order valence-corrected chi connectivity index (χ4v) is 1.86. The number of imidazole rings is 1. The van der Waals surface area contributed by atoms with Gasteiger partial charge >= 0.3 is 0 Å². The lowest BCUT2D eigenvalue weighted by molar-refractivity contribution is -0.121. The van der Waals surface area contributed by atoms with Crippen LogP contribution in [0, 0.1) is 0 Å². The quantitative estimate of drug-likeness (QED) is 0.847. The number of benzene rings is 1. The molecule has 0 bridgehead atoms. The number of carbonyl (C=O) groups is 1. The molecule has 0 aliphatic carbocycles. The molecule has 0 atom stereocenters. The van der Waals surface area contributed by atoms with Crippen molar-refractivity contribution < 1.29 is 9.53 Å². The second-order valence-electron chi connectivity index (χ2n) is 4.20. The number of rotatable bonds is 5. The van der Waals surface area contributed by atoms with Crippen LogP contribution in [0.2, 0.25) is 0 Å². The number of para-hydroxylation sites is 1. The normalized spacial score (nSPS) is 10.6. The third-order valence-electron chi connectivity index (χ3n) is 2.81. The predicted molar refractivity (Wildman–Crippen MR) is 74.0 cm³/mol. The topological polar surface area (TPSA) is 82.2 Å². The smallest absolute Gasteiger partial charge is 0.239 e. The minimum Gasteiger partial charge on any atom is -0.491 e. The predicted octanol–water partition coefficient (Wildman–Crippen LogP) is 1.15. The SMILES string of the molecule is CCCOc1cccc2c1nc(N)n2CC(=O)NC. The van der Waals surface area contributed by atoms with E-state index >= 15 is 0 Å². The summed E-state index contributed by atoms with van der Waals surface area (Å²) in [5.41, 5.74) is 7.36. The number of aromatic nitrogens is 2. The zero-order chi connectivity index (χ0) is 13.8. The number of likely N-dealkylation sites (N-methyl/N-ethyl adjacent to an activating group) is 1. The zero-order valence-corrected chi connectivity index (χ0v) is 11.1. The fourth-order valence-electron chi connectivity index (χ4n) is 1.86. The Morgan fingerprint density at radius 3 is 3.00 bits per heavy atom. The number of nitrogens with one attached hydrogen (secondary N) is 1. The van der Waals surface area contributed by atoms with Crippen molar-refractivity contribution in [1.29, 1.82) is 0 Å². The lowest BCUT2D eigenvalue weighted by atomic mass is 10.3. The number of carbonyl (C=O) groups excluding carboxylic acids is 1. The first-order chi connectivity index (χ1) is 9.17. The van der Waals surface area contributed by atoms with Crippen LogP contribution in [0.1, 0.15) is 13.3 Å². The molecule has 0 fully saturated rings. The van der Waals surface area contributed by atoms with Gasteiger partial charge < -0.3 is 20.4 Å². The van der Waals surface area contributed by atoms with E-state index in [0.29, 0.717) is 23.8 Å². The zero-order valence-electron chi connectivity index (χ0n) is 11.1. The number of hydrogen-bond donors (Lipinski definition) is 2. The van der Waals surface area contributed by atoms with Gasteiger partial charge in [-0.05, 0) is 18.6 Å². The molecular weight excluding hydrogens is 244 g/mol. The van der Waals surface area contributed by atoms with Gasteiger partial charge in [-0.1, -0.05) is 13.0 Å². The number of ether oxygens (including phenoxy) is 1. The highest BCUT2D eigenvalue weighted by molar-refractivity contribution is 5.86. The number of anilines is 1. The molecular formula is C13H18N4O2. The molecule has 0 unspecified atom stereocenters. The fraction of sp³-hybridized carbons (Fsp3) is 0.385. The second kappa shape index (κ2) is 5.60. The van der Waals surface area contributed by atoms with Crippen LogP contribution in [0.3, 0.4) is 0 Å². The molecule has 0 saturated heterocycles. The van der Waals surface area contributed by atoms with Crippen molar-refractivity contribution >= 4 is 22.9 Å². The third kappa shape index (κ3) is 2.62. The van der Waals surface area contributed by atoms with Crippen LogP contribution < -0.4 is 15.8 Å². The summed E-state index contributed by atoms with van der Waals surface area (Å²) in [4.78, 5) is 15.8. The molecule has 1 amide bonds. The lowest BCUT2D eigenvalue weighted by Gasteiger charge is -2.07. The molecule has 3 N–H and O–H groups in total. The van der Waals surface area contributed by atoms with Gasteiger partial charge in [0.2, 0.25) is 11.9 Å². The van der Waals surface area contributed by atoms with Crippen molar-refractivity contribution in [3.63, 3.8) is 0 Å². The Morgan fingerprint density at radius 1 is 1.53 bits per heavy atom. The van der Waals surface area contributed by atoms with E-state index in [1.807, 2.05) is 25.1 Å². The van der Waals surface area contributed by atoms with Crippen LogP contribution in [-0.4, -0.2) is 29.1 Å². The third-order valence-corrected chi connectivity index (χ3v) is 2.81. The van der Waals surface area contributed by atoms with E-state index in [-0.39, 0.29) is 12.5 Å². The summed E-state index contributed by atoms with van der Waals surface area (Å²) in [6, 6.07) is 5.60. The molecule has 1 aromatic heterocycles. The maximum atomic E-state index is 11.5. The van der Waals surface area contributed by atoms with Crippen LogP contribution in [0.15, 0.2) is 18.2 Å². The molecule has 6 heteroatoms. The molecule has 0 radical (unpaired) electrons. The summed E-state index contributed by atoms with van der Waals surface area (Å²) in [6.45, 7) is 2.82. The molecule has 0 aliphatic rings. The molecule has 1 heterocycles. The summed E-state index contributed by atoms with van der Waals surface area (Å²) in [5, 5.41) is 2.57. The van der Waals surface area contributed by atoms with Gasteiger partial charge in [0, 0.05) is 7.05 Å². The van der Waals surface area contributed by atoms with Crippen molar-refractivity contribution in [2.75, 3.05) is 19.4 Å². The Labute approximate surface area is 111 Å². The van der Waals surface area contributed by atoms with Gasteiger partial charge in [0.25, 0.3) is 0 Å². The number of nitrogen functional groups attached to an aromatic ring is 1. The van der Waals surface area contributed by atoms with Crippen molar-refractivity contribution in [1.82, 2.24) is 14.9 Å². The van der Waals surface area contributed by atoms with E-state index in [1.165, 1.54) is 0 Å². The van der Waals surface area contributed by atoms with E-state index in [9.17, 15) is 4.79 Å². The maximum Gasteiger partial charge on any atom is 0.239 e. The van der Waals surface area contributed by atoms with Crippen molar-refractivity contribution in [2.45, 2.75) is 19.9 Å². The first-order valence-electron chi connectivity index (χ1n) is 6.25. The van der Waals surface area contributed by atoms with Crippen LogP contribution in [0.5, 0.6) is 5.75 Å². The van der Waals surface area contributed by atoms with E-state index in [4.69, 9.17) is 10.5 Å². The summed E-state index contributed by atoms with van der Waals surface area (Å²) in [7, 11) is 1.59. The number of fused-ring (bicyclic) bond motifs is 1. The summed E-state index contributed by atoms with van der Waals surface area (Å²) in [5.74, 6) is 0.888. The minimum absolute atomic E-state index is 0.120. The summed E-state index contributed by atoms with van der Waals surface area (Å²) in [6.07, 6.45) is 0.921. The number of nitrogens with zero attached hydrogens (tertiary/aromatic N) is 2. The first-order valence-corrected chi connectivity index (χ1v) is 6.25. The first kappa shape index (κ1) is 13.2. The minimum atomic E-state index is -0.120. The number of nitrogens with two attached hydrogens (primary N) is 1. The van der Waals surface area contributed by atoms with Gasteiger partial charge in [0.1, 0.15) is 17.8 Å². The van der Waals surface area contributed by atoms with Crippen LogP contribution in [0.4, 0.5) is 5.95 Å². The molecule has 19 heavy (non-hydrogen) atoms. The monoisotopic (exact) mass is 262 g/mol. The number of hydrogen-bond acceptors (Lipinski definition) is 4. The summed E-state index contributed by atoms with van der Waals surface area (Å²) >= 11 is 0. The highest BCUT2D eigenvalue weighted by Gasteiger charge is 2.14. The van der Waals surface area contributed by atoms with E-state index in [1.54, 1.807) is 11.6 Å². The highest BCUT2D eigenvalue weighted by Crippen LogP contribution is 2.27.